The molecule has 0 aliphatic rings. The van der Waals surface area contributed by atoms with E-state index in [0.29, 0.717) is 41.9 Å². The molecular formula is C24H22N4O4S. The summed E-state index contributed by atoms with van der Waals surface area (Å²) in [6, 6.07) is 17.7. The van der Waals surface area contributed by atoms with Gasteiger partial charge in [-0.15, -0.1) is 0 Å². The molecule has 1 heterocycles. The van der Waals surface area contributed by atoms with Gasteiger partial charge in [-0.05, 0) is 47.9 Å². The number of ether oxygens (including phenoxy) is 1. The third-order valence-corrected chi connectivity index (χ3v) is 5.70. The van der Waals surface area contributed by atoms with E-state index in [2.05, 4.69) is 19.4 Å². The van der Waals surface area contributed by atoms with Gasteiger partial charge in [0.15, 0.2) is 0 Å². The molecule has 0 spiro atoms. The first-order valence-electron chi connectivity index (χ1n) is 10.3. The summed E-state index contributed by atoms with van der Waals surface area (Å²) in [6.07, 6.45) is 0.627. The van der Waals surface area contributed by atoms with Gasteiger partial charge in [-0.25, -0.2) is 0 Å². The van der Waals surface area contributed by atoms with E-state index in [1.165, 1.54) is 19.2 Å². The molecule has 0 bridgehead atoms. The minimum Gasteiger partial charge on any atom is -0.507 e. The van der Waals surface area contributed by atoms with Gasteiger partial charge >= 0.3 is 0 Å². The number of methoxy groups -OCH3 is 1. The fourth-order valence-electron chi connectivity index (χ4n) is 3.33. The molecule has 1 aromatic heterocycles. The van der Waals surface area contributed by atoms with Crippen molar-refractivity contribution in [2.24, 2.45) is 0 Å². The Morgan fingerprint density at radius 1 is 0.939 bits per heavy atom. The number of hydrogen-bond acceptors (Lipinski definition) is 7. The number of amides is 2. The molecule has 0 saturated carbocycles. The summed E-state index contributed by atoms with van der Waals surface area (Å²) >= 11 is 1.09. The zero-order chi connectivity index (χ0) is 23.2. The number of phenolic OH excluding ortho intramolecular Hbond substituents is 1. The van der Waals surface area contributed by atoms with E-state index in [1.54, 1.807) is 18.2 Å². The van der Waals surface area contributed by atoms with Crippen LogP contribution in [0.15, 0.2) is 60.7 Å². The van der Waals surface area contributed by atoms with Crippen molar-refractivity contribution in [1.29, 1.82) is 0 Å². The maximum absolute atomic E-state index is 12.5. The van der Waals surface area contributed by atoms with Crippen LogP contribution in [0.1, 0.15) is 31.8 Å². The number of phenols is 1. The number of fused-ring (bicyclic) bond motifs is 1. The molecule has 168 valence electrons. The highest BCUT2D eigenvalue weighted by atomic mass is 32.1. The standard InChI is InChI=1S/C24H22N4O4S/c1-32-17-9-10-21(29)19(13-17)24(31)25-12-11-15-5-7-16(8-6-15)14-26-23(30)18-3-2-4-20-22(18)28-33-27-20/h2-10,13,29H,11-12,14H2,1H3,(H,25,31)(H,26,30). The zero-order valence-corrected chi connectivity index (χ0v) is 18.7. The summed E-state index contributed by atoms with van der Waals surface area (Å²) in [5, 5.41) is 15.6. The van der Waals surface area contributed by atoms with Crippen molar-refractivity contribution in [1.82, 2.24) is 19.4 Å². The lowest BCUT2D eigenvalue weighted by molar-refractivity contribution is 0.0943. The Balaban J connectivity index is 1.28. The molecule has 3 aromatic carbocycles. The second-order valence-electron chi connectivity index (χ2n) is 7.33. The molecule has 4 rings (SSSR count). The number of nitrogens with zero attached hydrogens (tertiary/aromatic N) is 2. The number of rotatable bonds is 8. The fourth-order valence-corrected chi connectivity index (χ4v) is 3.88. The Labute approximate surface area is 194 Å². The molecule has 0 saturated heterocycles. The van der Waals surface area contributed by atoms with E-state index in [9.17, 15) is 14.7 Å². The van der Waals surface area contributed by atoms with Gasteiger partial charge in [0.25, 0.3) is 11.8 Å². The predicted octanol–water partition coefficient (Wildman–Crippen LogP) is 3.31. The maximum atomic E-state index is 12.5. The van der Waals surface area contributed by atoms with Crippen LogP contribution >= 0.6 is 11.7 Å². The van der Waals surface area contributed by atoms with E-state index >= 15 is 0 Å². The molecule has 2 amide bonds. The third-order valence-electron chi connectivity index (χ3n) is 5.15. The van der Waals surface area contributed by atoms with Gasteiger partial charge < -0.3 is 20.5 Å². The Hall–Kier alpha value is -3.98. The van der Waals surface area contributed by atoms with Crippen LogP contribution in [0.25, 0.3) is 11.0 Å². The largest absolute Gasteiger partial charge is 0.507 e. The van der Waals surface area contributed by atoms with Crippen molar-refractivity contribution in [2.75, 3.05) is 13.7 Å². The third kappa shape index (κ3) is 5.27. The van der Waals surface area contributed by atoms with Gasteiger partial charge in [-0.3, -0.25) is 9.59 Å². The highest BCUT2D eigenvalue weighted by molar-refractivity contribution is 7.00. The molecule has 0 aliphatic carbocycles. The Kier molecular flexibility index (Phi) is 6.80. The maximum Gasteiger partial charge on any atom is 0.255 e. The van der Waals surface area contributed by atoms with Gasteiger partial charge in [-0.1, -0.05) is 30.3 Å². The first-order valence-corrected chi connectivity index (χ1v) is 11.0. The lowest BCUT2D eigenvalue weighted by atomic mass is 10.1. The molecular weight excluding hydrogens is 440 g/mol. The van der Waals surface area contributed by atoms with Crippen LogP contribution in [-0.2, 0) is 13.0 Å². The molecule has 0 aliphatic heterocycles. The molecule has 0 unspecified atom stereocenters. The average molecular weight is 463 g/mol. The van der Waals surface area contributed by atoms with E-state index in [1.807, 2.05) is 30.3 Å². The average Bonchev–Trinajstić information content (AvgIpc) is 3.32. The first kappa shape index (κ1) is 22.2. The highest BCUT2D eigenvalue weighted by Crippen LogP contribution is 2.22. The van der Waals surface area contributed by atoms with Crippen LogP contribution in [0, 0.1) is 0 Å². The fraction of sp³-hybridized carbons (Fsp3) is 0.167. The number of carbonyl (C=O) groups excluding carboxylic acids is 2. The monoisotopic (exact) mass is 462 g/mol. The van der Waals surface area contributed by atoms with E-state index in [4.69, 9.17) is 4.74 Å². The van der Waals surface area contributed by atoms with Crippen LogP contribution in [0.2, 0.25) is 0 Å². The Bertz CT molecular complexity index is 1290. The van der Waals surface area contributed by atoms with Crippen molar-refractivity contribution >= 4 is 34.6 Å². The summed E-state index contributed by atoms with van der Waals surface area (Å²) in [4.78, 5) is 24.9. The van der Waals surface area contributed by atoms with Crippen molar-refractivity contribution in [3.8, 4) is 11.5 Å². The van der Waals surface area contributed by atoms with E-state index in [0.717, 1.165) is 22.9 Å². The minimum absolute atomic E-state index is 0.0954. The van der Waals surface area contributed by atoms with E-state index in [-0.39, 0.29) is 23.1 Å². The minimum atomic E-state index is -0.365. The molecule has 8 nitrogen and oxygen atoms in total. The van der Waals surface area contributed by atoms with Crippen LogP contribution in [0.4, 0.5) is 0 Å². The summed E-state index contributed by atoms with van der Waals surface area (Å²) in [7, 11) is 1.50. The molecule has 4 aromatic rings. The van der Waals surface area contributed by atoms with Gasteiger partial charge in [0.2, 0.25) is 0 Å². The second kappa shape index (κ2) is 10.1. The summed E-state index contributed by atoms with van der Waals surface area (Å²) in [6.45, 7) is 0.802. The Morgan fingerprint density at radius 2 is 1.70 bits per heavy atom. The summed E-state index contributed by atoms with van der Waals surface area (Å²) < 4.78 is 13.5. The molecule has 0 radical (unpaired) electrons. The number of benzene rings is 3. The quantitative estimate of drug-likeness (QED) is 0.370. The number of aromatic nitrogens is 2. The van der Waals surface area contributed by atoms with Crippen molar-refractivity contribution in [2.45, 2.75) is 13.0 Å². The van der Waals surface area contributed by atoms with Crippen molar-refractivity contribution < 1.29 is 19.4 Å². The van der Waals surface area contributed by atoms with Gasteiger partial charge in [0.1, 0.15) is 22.5 Å². The molecule has 0 atom stereocenters. The Morgan fingerprint density at radius 3 is 2.48 bits per heavy atom. The topological polar surface area (TPSA) is 113 Å². The van der Waals surface area contributed by atoms with Crippen molar-refractivity contribution in [3.63, 3.8) is 0 Å². The van der Waals surface area contributed by atoms with Crippen LogP contribution < -0.4 is 15.4 Å². The van der Waals surface area contributed by atoms with Gasteiger partial charge in [0, 0.05) is 13.1 Å². The van der Waals surface area contributed by atoms with Crippen LogP contribution in [0.5, 0.6) is 11.5 Å². The smallest absolute Gasteiger partial charge is 0.255 e. The molecule has 33 heavy (non-hydrogen) atoms. The summed E-state index contributed by atoms with van der Waals surface area (Å²) in [5.41, 5.74) is 4.00. The normalized spacial score (nSPS) is 10.7. The number of carbonyl (C=O) groups is 2. The lowest BCUT2D eigenvalue weighted by Gasteiger charge is -2.09. The predicted molar refractivity (Wildman–Crippen MR) is 126 cm³/mol. The molecule has 9 heteroatoms. The zero-order valence-electron chi connectivity index (χ0n) is 17.9. The lowest BCUT2D eigenvalue weighted by Crippen LogP contribution is -2.25. The van der Waals surface area contributed by atoms with Crippen LogP contribution in [0.3, 0.4) is 0 Å². The number of nitrogens with one attached hydrogen (secondary N) is 2. The number of hydrogen-bond donors (Lipinski definition) is 3. The van der Waals surface area contributed by atoms with Crippen molar-refractivity contribution in [3.05, 3.63) is 82.9 Å². The molecule has 3 N–H and O–H groups in total. The van der Waals surface area contributed by atoms with Gasteiger partial charge in [0.05, 0.1) is 30.0 Å². The second-order valence-corrected chi connectivity index (χ2v) is 7.85. The van der Waals surface area contributed by atoms with Crippen LogP contribution in [-0.4, -0.2) is 39.3 Å². The molecule has 0 fully saturated rings. The summed E-state index contributed by atoms with van der Waals surface area (Å²) in [5.74, 6) is -0.153. The SMILES string of the molecule is COc1ccc(O)c(C(=O)NCCc2ccc(CNC(=O)c3cccc4nsnc34)cc2)c1. The van der Waals surface area contributed by atoms with Gasteiger partial charge in [-0.2, -0.15) is 8.75 Å². The number of aromatic hydroxyl groups is 1. The van der Waals surface area contributed by atoms with E-state index < -0.39 is 0 Å². The highest BCUT2D eigenvalue weighted by Gasteiger charge is 2.13. The first-order chi connectivity index (χ1) is 16.0.